The van der Waals surface area contributed by atoms with Crippen molar-refractivity contribution in [2.45, 2.75) is 43.4 Å². The number of sulfonamides is 1. The quantitative estimate of drug-likeness (QED) is 0.514. The molecule has 3 N–H and O–H groups in total. The molecule has 7 nitrogen and oxygen atoms in total. The van der Waals surface area contributed by atoms with E-state index in [1.165, 1.54) is 23.5 Å². The number of ether oxygens (including phenoxy) is 1. The topological polar surface area (TPSA) is 99.1 Å². The Bertz CT molecular complexity index is 962. The van der Waals surface area contributed by atoms with Crippen molar-refractivity contribution in [1.29, 1.82) is 0 Å². The molecule has 0 amide bonds. The van der Waals surface area contributed by atoms with Gasteiger partial charge in [0, 0.05) is 26.1 Å². The largest absolute Gasteiger partial charge is 0.497 e. The van der Waals surface area contributed by atoms with Crippen LogP contribution < -0.4 is 10.1 Å². The van der Waals surface area contributed by atoms with Gasteiger partial charge in [-0.2, -0.15) is 4.31 Å². The normalized spacial score (nSPS) is 19.6. The van der Waals surface area contributed by atoms with Crippen molar-refractivity contribution >= 4 is 10.0 Å². The van der Waals surface area contributed by atoms with Crippen molar-refractivity contribution < 1.29 is 23.4 Å². The third-order valence-corrected chi connectivity index (χ3v) is 7.30. The lowest BCUT2D eigenvalue weighted by molar-refractivity contribution is 0.109. The van der Waals surface area contributed by atoms with Gasteiger partial charge in [0.2, 0.25) is 10.0 Å². The number of hydrogen-bond acceptors (Lipinski definition) is 6. The van der Waals surface area contributed by atoms with Gasteiger partial charge in [-0.15, -0.1) is 0 Å². The van der Waals surface area contributed by atoms with Crippen molar-refractivity contribution in [3.05, 3.63) is 59.7 Å². The summed E-state index contributed by atoms with van der Waals surface area (Å²) in [5.74, 6) is 0.672. The standard InChI is InChI=1S/C23H32N2O5S/c1-16(2)14-25(31(28,29)20-10-8-19(30-3)9-11-20)15-18(26)13-24-23-21-7-5-4-6-17(21)12-22(23)27/h4-11,16,18,22-24,26-27H,12-15H2,1-3H3/t18?,22?,23-/m0/s1. The van der Waals surface area contributed by atoms with Crippen LogP contribution in [0.25, 0.3) is 0 Å². The molecule has 2 aromatic carbocycles. The Morgan fingerprint density at radius 3 is 2.45 bits per heavy atom. The van der Waals surface area contributed by atoms with Crippen LogP contribution in [0, 0.1) is 5.92 Å². The minimum Gasteiger partial charge on any atom is -0.497 e. The van der Waals surface area contributed by atoms with E-state index in [1.54, 1.807) is 12.1 Å². The van der Waals surface area contributed by atoms with E-state index >= 15 is 0 Å². The number of aliphatic hydroxyl groups is 2. The summed E-state index contributed by atoms with van der Waals surface area (Å²) in [7, 11) is -2.25. The highest BCUT2D eigenvalue weighted by Crippen LogP contribution is 2.31. The second kappa shape index (κ2) is 10.1. The fourth-order valence-corrected chi connectivity index (χ4v) is 5.60. The van der Waals surface area contributed by atoms with Crippen LogP contribution in [0.5, 0.6) is 5.75 Å². The molecule has 0 aromatic heterocycles. The summed E-state index contributed by atoms with van der Waals surface area (Å²) in [5.41, 5.74) is 2.11. The molecule has 0 saturated carbocycles. The number of nitrogens with zero attached hydrogens (tertiary/aromatic N) is 1. The van der Waals surface area contributed by atoms with Crippen LogP contribution in [0.2, 0.25) is 0 Å². The summed E-state index contributed by atoms with van der Waals surface area (Å²) in [4.78, 5) is 0.161. The van der Waals surface area contributed by atoms with E-state index in [-0.39, 0.29) is 29.9 Å². The Morgan fingerprint density at radius 2 is 1.81 bits per heavy atom. The van der Waals surface area contributed by atoms with Crippen LogP contribution >= 0.6 is 0 Å². The molecule has 2 aromatic rings. The number of fused-ring (bicyclic) bond motifs is 1. The summed E-state index contributed by atoms with van der Waals surface area (Å²) in [6.07, 6.45) is -0.930. The van der Waals surface area contributed by atoms with E-state index < -0.39 is 22.2 Å². The summed E-state index contributed by atoms with van der Waals surface area (Å²) >= 11 is 0. The Balaban J connectivity index is 1.69. The highest BCUT2D eigenvalue weighted by Gasteiger charge is 2.32. The van der Waals surface area contributed by atoms with Crippen LogP contribution in [0.4, 0.5) is 0 Å². The molecule has 0 fully saturated rings. The van der Waals surface area contributed by atoms with Gasteiger partial charge < -0.3 is 20.3 Å². The van der Waals surface area contributed by atoms with Gasteiger partial charge in [0.1, 0.15) is 5.75 Å². The Labute approximate surface area is 184 Å². The zero-order valence-electron chi connectivity index (χ0n) is 18.2. The Hall–Kier alpha value is -1.97. The van der Waals surface area contributed by atoms with E-state index in [2.05, 4.69) is 5.32 Å². The van der Waals surface area contributed by atoms with Crippen molar-refractivity contribution in [3.63, 3.8) is 0 Å². The molecule has 0 radical (unpaired) electrons. The molecule has 1 aliphatic rings. The van der Waals surface area contributed by atoms with Gasteiger partial charge in [0.15, 0.2) is 0 Å². The summed E-state index contributed by atoms with van der Waals surface area (Å²) in [5, 5.41) is 24.2. The fraction of sp³-hybridized carbons (Fsp3) is 0.478. The molecule has 0 bridgehead atoms. The SMILES string of the molecule is COc1ccc(S(=O)(=O)N(CC(C)C)CC(O)CN[C@H]2c3ccccc3CC2O)cc1. The number of nitrogens with one attached hydrogen (secondary N) is 1. The molecule has 0 heterocycles. The summed E-state index contributed by atoms with van der Waals surface area (Å²) in [6, 6.07) is 13.8. The maximum atomic E-state index is 13.2. The van der Waals surface area contributed by atoms with E-state index in [9.17, 15) is 18.6 Å². The molecule has 2 unspecified atom stereocenters. The number of rotatable bonds is 10. The third kappa shape index (κ3) is 5.64. The first-order valence-corrected chi connectivity index (χ1v) is 12.0. The number of hydrogen-bond donors (Lipinski definition) is 3. The van der Waals surface area contributed by atoms with E-state index in [0.29, 0.717) is 18.7 Å². The molecule has 1 aliphatic carbocycles. The minimum absolute atomic E-state index is 0.0377. The third-order valence-electron chi connectivity index (χ3n) is 5.46. The second-order valence-electron chi connectivity index (χ2n) is 8.40. The fourth-order valence-electron chi connectivity index (χ4n) is 3.96. The van der Waals surface area contributed by atoms with Crippen molar-refractivity contribution in [2.75, 3.05) is 26.7 Å². The lowest BCUT2D eigenvalue weighted by Crippen LogP contribution is -2.44. The average molecular weight is 449 g/mol. The highest BCUT2D eigenvalue weighted by molar-refractivity contribution is 7.89. The predicted molar refractivity (Wildman–Crippen MR) is 119 cm³/mol. The van der Waals surface area contributed by atoms with Gasteiger partial charge in [0.05, 0.1) is 30.3 Å². The molecule has 170 valence electrons. The molecular formula is C23H32N2O5S. The smallest absolute Gasteiger partial charge is 0.243 e. The van der Waals surface area contributed by atoms with Gasteiger partial charge in [-0.05, 0) is 41.3 Å². The van der Waals surface area contributed by atoms with Gasteiger partial charge in [-0.1, -0.05) is 38.1 Å². The summed E-state index contributed by atoms with van der Waals surface area (Å²) < 4.78 is 32.8. The van der Waals surface area contributed by atoms with Crippen molar-refractivity contribution in [2.24, 2.45) is 5.92 Å². The van der Waals surface area contributed by atoms with Gasteiger partial charge in [-0.25, -0.2) is 8.42 Å². The first-order chi connectivity index (χ1) is 14.7. The van der Waals surface area contributed by atoms with E-state index in [0.717, 1.165) is 11.1 Å². The maximum Gasteiger partial charge on any atom is 0.243 e. The lowest BCUT2D eigenvalue weighted by atomic mass is 10.1. The average Bonchev–Trinajstić information content (AvgIpc) is 3.06. The highest BCUT2D eigenvalue weighted by atomic mass is 32.2. The molecule has 8 heteroatoms. The molecule has 31 heavy (non-hydrogen) atoms. The lowest BCUT2D eigenvalue weighted by Gasteiger charge is -2.27. The number of aliphatic hydroxyl groups excluding tert-OH is 2. The molecule has 0 spiro atoms. The Kier molecular flexibility index (Phi) is 7.72. The van der Waals surface area contributed by atoms with Crippen molar-refractivity contribution in [1.82, 2.24) is 9.62 Å². The predicted octanol–water partition coefficient (Wildman–Crippen LogP) is 1.95. The second-order valence-corrected chi connectivity index (χ2v) is 10.3. The van der Waals surface area contributed by atoms with Crippen LogP contribution in [0.15, 0.2) is 53.4 Å². The summed E-state index contributed by atoms with van der Waals surface area (Å²) in [6.45, 7) is 4.30. The molecule has 3 rings (SSSR count). The zero-order valence-corrected chi connectivity index (χ0v) is 19.0. The Morgan fingerprint density at radius 1 is 1.13 bits per heavy atom. The van der Waals surface area contributed by atoms with Gasteiger partial charge in [-0.3, -0.25) is 0 Å². The van der Waals surface area contributed by atoms with Crippen molar-refractivity contribution in [3.8, 4) is 5.75 Å². The van der Waals surface area contributed by atoms with E-state index in [1.807, 2.05) is 38.1 Å². The van der Waals surface area contributed by atoms with Gasteiger partial charge >= 0.3 is 0 Å². The minimum atomic E-state index is -3.77. The van der Waals surface area contributed by atoms with E-state index in [4.69, 9.17) is 4.74 Å². The monoisotopic (exact) mass is 448 g/mol. The van der Waals surface area contributed by atoms with Gasteiger partial charge in [0.25, 0.3) is 0 Å². The zero-order chi connectivity index (χ0) is 22.6. The molecule has 0 aliphatic heterocycles. The number of benzene rings is 2. The molecule has 3 atom stereocenters. The molecular weight excluding hydrogens is 416 g/mol. The van der Waals surface area contributed by atoms with Crippen LogP contribution in [-0.2, 0) is 16.4 Å². The van der Waals surface area contributed by atoms with Crippen LogP contribution in [0.1, 0.15) is 31.0 Å². The first-order valence-electron chi connectivity index (χ1n) is 10.5. The molecule has 0 saturated heterocycles. The first kappa shape index (κ1) is 23.7. The number of methoxy groups -OCH3 is 1. The maximum absolute atomic E-state index is 13.2. The van der Waals surface area contributed by atoms with Crippen LogP contribution in [0.3, 0.4) is 0 Å². The van der Waals surface area contributed by atoms with Crippen LogP contribution in [-0.4, -0.2) is 61.9 Å².